The number of benzene rings is 2. The lowest BCUT2D eigenvalue weighted by molar-refractivity contribution is -0.143. The van der Waals surface area contributed by atoms with E-state index in [0.717, 1.165) is 18.4 Å². The molecule has 3 amide bonds. The molecule has 1 aliphatic heterocycles. The molecule has 1 heterocycles. The van der Waals surface area contributed by atoms with E-state index in [9.17, 15) is 18.8 Å². The van der Waals surface area contributed by atoms with E-state index in [0.29, 0.717) is 11.3 Å². The highest BCUT2D eigenvalue weighted by atomic mass is 19.1. The fourth-order valence-corrected chi connectivity index (χ4v) is 4.19. The first-order valence-electron chi connectivity index (χ1n) is 10.3. The van der Waals surface area contributed by atoms with Gasteiger partial charge in [0, 0.05) is 32.5 Å². The molecule has 2 aromatic rings. The summed E-state index contributed by atoms with van der Waals surface area (Å²) in [6.45, 7) is 0.284. The summed E-state index contributed by atoms with van der Waals surface area (Å²) in [6, 6.07) is 12.9. The number of rotatable bonds is 7. The summed E-state index contributed by atoms with van der Waals surface area (Å²) < 4.78 is 18.4. The lowest BCUT2D eigenvalue weighted by Gasteiger charge is -2.29. The predicted molar refractivity (Wildman–Crippen MR) is 112 cm³/mol. The zero-order valence-electron chi connectivity index (χ0n) is 17.6. The molecule has 162 valence electrons. The minimum absolute atomic E-state index is 0.0230. The van der Waals surface area contributed by atoms with Gasteiger partial charge in [0.2, 0.25) is 17.7 Å². The van der Waals surface area contributed by atoms with E-state index >= 15 is 0 Å². The van der Waals surface area contributed by atoms with Crippen LogP contribution in [0.2, 0.25) is 0 Å². The molecule has 2 aromatic carbocycles. The van der Waals surface area contributed by atoms with Gasteiger partial charge in [-0.3, -0.25) is 19.3 Å². The minimum atomic E-state index is -1.22. The first-order chi connectivity index (χ1) is 14.8. The topological polar surface area (TPSA) is 66.9 Å². The Morgan fingerprint density at radius 3 is 2.35 bits per heavy atom. The normalized spacial score (nSPS) is 20.8. The summed E-state index contributed by atoms with van der Waals surface area (Å²) in [5, 5.41) is 0. The average Bonchev–Trinajstić information content (AvgIpc) is 3.56. The first-order valence-corrected chi connectivity index (χ1v) is 10.3. The van der Waals surface area contributed by atoms with Crippen molar-refractivity contribution in [3.63, 3.8) is 0 Å². The van der Waals surface area contributed by atoms with Gasteiger partial charge in [-0.15, -0.1) is 0 Å². The van der Waals surface area contributed by atoms with Gasteiger partial charge in [-0.05, 0) is 48.2 Å². The van der Waals surface area contributed by atoms with Gasteiger partial charge in [0.1, 0.15) is 11.6 Å². The largest absolute Gasteiger partial charge is 0.497 e. The number of ether oxygens (including phenoxy) is 1. The van der Waals surface area contributed by atoms with E-state index in [1.54, 1.807) is 50.6 Å². The molecule has 0 radical (unpaired) electrons. The SMILES string of the molecule is COc1ccc(C2(CC(=O)N(C)Cc3ccc(F)cc3)CC(=O)N(C3CC3)C2=O)cc1. The molecule has 4 rings (SSSR count). The van der Waals surface area contributed by atoms with E-state index in [1.807, 2.05) is 0 Å². The molecule has 6 nitrogen and oxygen atoms in total. The molecule has 0 N–H and O–H groups in total. The van der Waals surface area contributed by atoms with Crippen LogP contribution in [-0.2, 0) is 26.3 Å². The summed E-state index contributed by atoms with van der Waals surface area (Å²) in [6.07, 6.45) is 1.50. The zero-order valence-corrected chi connectivity index (χ0v) is 17.6. The van der Waals surface area contributed by atoms with Crippen LogP contribution >= 0.6 is 0 Å². The van der Waals surface area contributed by atoms with Crippen molar-refractivity contribution in [3.8, 4) is 5.75 Å². The number of imide groups is 1. The van der Waals surface area contributed by atoms with E-state index in [2.05, 4.69) is 0 Å². The molecule has 7 heteroatoms. The van der Waals surface area contributed by atoms with E-state index in [1.165, 1.54) is 21.9 Å². The third kappa shape index (κ3) is 4.04. The van der Waals surface area contributed by atoms with Crippen molar-refractivity contribution in [2.75, 3.05) is 14.2 Å². The van der Waals surface area contributed by atoms with Crippen LogP contribution in [0.25, 0.3) is 0 Å². The quantitative estimate of drug-likeness (QED) is 0.641. The smallest absolute Gasteiger partial charge is 0.241 e. The van der Waals surface area contributed by atoms with Crippen LogP contribution in [0, 0.1) is 5.82 Å². The molecule has 0 bridgehead atoms. The van der Waals surface area contributed by atoms with Crippen LogP contribution in [0.1, 0.15) is 36.8 Å². The molecule has 1 unspecified atom stereocenters. The number of carbonyl (C=O) groups is 3. The fraction of sp³-hybridized carbons (Fsp3) is 0.375. The number of likely N-dealkylation sites (tertiary alicyclic amines) is 1. The van der Waals surface area contributed by atoms with Crippen molar-refractivity contribution in [2.24, 2.45) is 0 Å². The zero-order chi connectivity index (χ0) is 22.2. The maximum atomic E-state index is 13.5. The predicted octanol–water partition coefficient (Wildman–Crippen LogP) is 3.04. The molecule has 2 aliphatic rings. The highest BCUT2D eigenvalue weighted by Gasteiger charge is 2.57. The van der Waals surface area contributed by atoms with Crippen LogP contribution in [-0.4, -0.2) is 47.7 Å². The number of nitrogens with zero attached hydrogens (tertiary/aromatic N) is 2. The van der Waals surface area contributed by atoms with Crippen LogP contribution in [0.3, 0.4) is 0 Å². The average molecular weight is 424 g/mol. The van der Waals surface area contributed by atoms with Crippen molar-refractivity contribution in [1.82, 2.24) is 9.80 Å². The van der Waals surface area contributed by atoms with Gasteiger partial charge in [-0.2, -0.15) is 0 Å². The third-order valence-electron chi connectivity index (χ3n) is 6.12. The summed E-state index contributed by atoms with van der Waals surface area (Å²) in [5.41, 5.74) is 0.197. The van der Waals surface area contributed by atoms with E-state index in [4.69, 9.17) is 4.74 Å². The Kier molecular flexibility index (Phi) is 5.52. The Bertz CT molecular complexity index is 1000. The molecular formula is C24H25FN2O4. The Morgan fingerprint density at radius 1 is 1.13 bits per heavy atom. The summed E-state index contributed by atoms with van der Waals surface area (Å²) >= 11 is 0. The number of amides is 3. The highest BCUT2D eigenvalue weighted by molar-refractivity contribution is 6.11. The standard InChI is InChI=1S/C24H25FN2O4/c1-26(15-16-3-7-18(25)8-4-16)21(28)13-24(17-5-11-20(31-2)12-6-17)14-22(29)27(23(24)30)19-9-10-19/h3-8,11-12,19H,9-10,13-15H2,1-2H3. The molecular weight excluding hydrogens is 399 g/mol. The van der Waals surface area contributed by atoms with Crippen LogP contribution in [0.5, 0.6) is 5.75 Å². The number of carbonyl (C=O) groups excluding carboxylic acids is 3. The number of halogens is 1. The van der Waals surface area contributed by atoms with Gasteiger partial charge >= 0.3 is 0 Å². The molecule has 0 spiro atoms. The second-order valence-electron chi connectivity index (χ2n) is 8.34. The summed E-state index contributed by atoms with van der Waals surface area (Å²) in [4.78, 5) is 42.3. The maximum absolute atomic E-state index is 13.5. The van der Waals surface area contributed by atoms with Crippen molar-refractivity contribution in [2.45, 2.75) is 43.7 Å². The molecule has 1 saturated heterocycles. The van der Waals surface area contributed by atoms with Gasteiger partial charge in [0.25, 0.3) is 0 Å². The van der Waals surface area contributed by atoms with E-state index < -0.39 is 5.41 Å². The maximum Gasteiger partial charge on any atom is 0.241 e. The molecule has 0 aromatic heterocycles. The monoisotopic (exact) mass is 424 g/mol. The van der Waals surface area contributed by atoms with Crippen molar-refractivity contribution < 1.29 is 23.5 Å². The van der Waals surface area contributed by atoms with Gasteiger partial charge < -0.3 is 9.64 Å². The number of methoxy groups -OCH3 is 1. The van der Waals surface area contributed by atoms with Crippen molar-refractivity contribution >= 4 is 17.7 Å². The van der Waals surface area contributed by atoms with Crippen LogP contribution in [0.4, 0.5) is 4.39 Å². The molecule has 2 fully saturated rings. The lowest BCUT2D eigenvalue weighted by atomic mass is 9.75. The Labute approximate surface area is 180 Å². The molecule has 1 aliphatic carbocycles. The Balaban J connectivity index is 1.61. The van der Waals surface area contributed by atoms with Gasteiger partial charge in [0.15, 0.2) is 0 Å². The van der Waals surface area contributed by atoms with E-state index in [-0.39, 0.29) is 49.0 Å². The van der Waals surface area contributed by atoms with Gasteiger partial charge in [-0.1, -0.05) is 24.3 Å². The number of hydrogen-bond acceptors (Lipinski definition) is 4. The fourth-order valence-electron chi connectivity index (χ4n) is 4.19. The van der Waals surface area contributed by atoms with Gasteiger partial charge in [0.05, 0.1) is 12.5 Å². The second kappa shape index (κ2) is 8.13. The van der Waals surface area contributed by atoms with Crippen LogP contribution < -0.4 is 4.74 Å². The minimum Gasteiger partial charge on any atom is -0.497 e. The molecule has 31 heavy (non-hydrogen) atoms. The van der Waals surface area contributed by atoms with Crippen molar-refractivity contribution in [1.29, 1.82) is 0 Å². The summed E-state index contributed by atoms with van der Waals surface area (Å²) in [5.74, 6) is -0.481. The van der Waals surface area contributed by atoms with Gasteiger partial charge in [-0.25, -0.2) is 4.39 Å². The Hall–Kier alpha value is -3.22. The lowest BCUT2D eigenvalue weighted by Crippen LogP contribution is -2.43. The number of hydrogen-bond donors (Lipinski definition) is 0. The highest BCUT2D eigenvalue weighted by Crippen LogP contribution is 2.44. The second-order valence-corrected chi connectivity index (χ2v) is 8.34. The van der Waals surface area contributed by atoms with Crippen LogP contribution in [0.15, 0.2) is 48.5 Å². The summed E-state index contributed by atoms with van der Waals surface area (Å²) in [7, 11) is 3.20. The molecule has 1 saturated carbocycles. The Morgan fingerprint density at radius 2 is 1.77 bits per heavy atom. The van der Waals surface area contributed by atoms with Crippen molar-refractivity contribution in [3.05, 3.63) is 65.5 Å². The molecule has 1 atom stereocenters. The first kappa shape index (κ1) is 21.0. The third-order valence-corrected chi connectivity index (χ3v) is 6.12.